The lowest BCUT2D eigenvalue weighted by molar-refractivity contribution is 0.879. The summed E-state index contributed by atoms with van der Waals surface area (Å²) in [6, 6.07) is 9.87. The number of aromatic nitrogens is 3. The summed E-state index contributed by atoms with van der Waals surface area (Å²) in [7, 11) is 0. The van der Waals surface area contributed by atoms with Gasteiger partial charge >= 0.3 is 5.69 Å². The second-order valence-electron chi connectivity index (χ2n) is 3.73. The number of allylic oxidation sites excluding steroid dienone is 1. The van der Waals surface area contributed by atoms with Crippen molar-refractivity contribution in [2.75, 3.05) is 5.43 Å². The Morgan fingerprint density at radius 3 is 2.89 bits per heavy atom. The van der Waals surface area contributed by atoms with Gasteiger partial charge in [0, 0.05) is 6.21 Å². The van der Waals surface area contributed by atoms with E-state index >= 15 is 0 Å². The molecule has 19 heavy (non-hydrogen) atoms. The van der Waals surface area contributed by atoms with Crippen molar-refractivity contribution in [2.45, 2.75) is 6.92 Å². The van der Waals surface area contributed by atoms with Gasteiger partial charge in [-0.15, -0.1) is 0 Å². The minimum atomic E-state index is -0.511. The molecule has 0 aliphatic heterocycles. The molecule has 0 radical (unpaired) electrons. The van der Waals surface area contributed by atoms with E-state index in [1.54, 1.807) is 19.2 Å². The lowest BCUT2D eigenvalue weighted by Gasteiger charge is -1.99. The molecule has 96 valence electrons. The molecular formula is C13H13N5O. The minimum absolute atomic E-state index is 0.341. The highest BCUT2D eigenvalue weighted by Gasteiger charge is 1.99. The predicted molar refractivity (Wildman–Crippen MR) is 75.0 cm³/mol. The molecular weight excluding hydrogens is 242 g/mol. The summed E-state index contributed by atoms with van der Waals surface area (Å²) in [4.78, 5) is 14.7. The van der Waals surface area contributed by atoms with Gasteiger partial charge in [0.2, 0.25) is 0 Å². The number of hydrogen-bond acceptors (Lipinski definition) is 5. The molecule has 0 spiro atoms. The molecule has 2 aromatic rings. The standard InChI is InChI=1S/C13H13N5O/c1-10-12(15-13(19)18-16-10)17-14-9-5-8-11-6-3-2-4-7-11/h2-9H,1H3,(H2,15,17,18,19)/b8-5+,14-9+. The highest BCUT2D eigenvalue weighted by molar-refractivity contribution is 5.78. The summed E-state index contributed by atoms with van der Waals surface area (Å²) < 4.78 is 0. The van der Waals surface area contributed by atoms with Crippen LogP contribution in [0.2, 0.25) is 0 Å². The van der Waals surface area contributed by atoms with Crippen LogP contribution in [0.15, 0.2) is 46.3 Å². The molecule has 2 N–H and O–H groups in total. The molecule has 0 aliphatic carbocycles. The number of aryl methyl sites for hydroxylation is 1. The Morgan fingerprint density at radius 1 is 1.32 bits per heavy atom. The number of benzene rings is 1. The minimum Gasteiger partial charge on any atom is -0.260 e. The molecule has 0 bridgehead atoms. The van der Waals surface area contributed by atoms with Gasteiger partial charge in [0.1, 0.15) is 5.69 Å². The third kappa shape index (κ3) is 3.88. The number of nitrogens with one attached hydrogen (secondary N) is 2. The Kier molecular flexibility index (Phi) is 4.17. The molecule has 2 rings (SSSR count). The molecule has 1 aromatic carbocycles. The summed E-state index contributed by atoms with van der Waals surface area (Å²) in [5.41, 5.74) is 3.81. The van der Waals surface area contributed by atoms with E-state index in [2.05, 4.69) is 25.7 Å². The number of nitrogens with zero attached hydrogens (tertiary/aromatic N) is 3. The number of rotatable bonds is 4. The SMILES string of the molecule is Cc1n[nH]c(=O)nc1N/N=C/C=C/c1ccccc1. The van der Waals surface area contributed by atoms with Gasteiger partial charge in [-0.3, -0.25) is 5.43 Å². The van der Waals surface area contributed by atoms with E-state index in [0.717, 1.165) is 5.56 Å². The van der Waals surface area contributed by atoms with E-state index in [1.165, 1.54) is 0 Å². The van der Waals surface area contributed by atoms with Crippen LogP contribution in [0.25, 0.3) is 6.08 Å². The predicted octanol–water partition coefficient (Wildman–Crippen LogP) is 1.58. The van der Waals surface area contributed by atoms with Gasteiger partial charge in [-0.25, -0.2) is 9.89 Å². The van der Waals surface area contributed by atoms with Crippen LogP contribution in [0, 0.1) is 6.92 Å². The number of H-pyrrole nitrogens is 1. The molecule has 0 unspecified atom stereocenters. The maximum atomic E-state index is 11.0. The summed E-state index contributed by atoms with van der Waals surface area (Å²) >= 11 is 0. The first-order valence-electron chi connectivity index (χ1n) is 5.70. The Bertz CT molecular complexity index is 646. The van der Waals surface area contributed by atoms with Gasteiger partial charge in [0.05, 0.1) is 0 Å². The van der Waals surface area contributed by atoms with Crippen molar-refractivity contribution in [3.8, 4) is 0 Å². The third-order valence-corrected chi connectivity index (χ3v) is 2.29. The normalized spacial score (nSPS) is 11.2. The fraction of sp³-hybridized carbons (Fsp3) is 0.0769. The molecule has 0 saturated carbocycles. The molecule has 1 aromatic heterocycles. The zero-order chi connectivity index (χ0) is 13.5. The molecule has 0 aliphatic rings. The molecule has 0 atom stereocenters. The fourth-order valence-electron chi connectivity index (χ4n) is 1.36. The number of aromatic amines is 1. The summed E-state index contributed by atoms with van der Waals surface area (Å²) in [6.07, 6.45) is 5.29. The first-order chi connectivity index (χ1) is 9.25. The molecule has 0 saturated heterocycles. The van der Waals surface area contributed by atoms with Crippen molar-refractivity contribution in [1.29, 1.82) is 0 Å². The van der Waals surface area contributed by atoms with E-state index in [9.17, 15) is 4.79 Å². The summed E-state index contributed by atoms with van der Waals surface area (Å²) in [5.74, 6) is 0.341. The first kappa shape index (κ1) is 12.7. The van der Waals surface area contributed by atoms with E-state index in [4.69, 9.17) is 0 Å². The van der Waals surface area contributed by atoms with E-state index in [1.807, 2.05) is 36.4 Å². The van der Waals surface area contributed by atoms with Crippen LogP contribution >= 0.6 is 0 Å². The van der Waals surface area contributed by atoms with Gasteiger partial charge in [-0.2, -0.15) is 15.2 Å². The largest absolute Gasteiger partial charge is 0.363 e. The topological polar surface area (TPSA) is 83.0 Å². The monoisotopic (exact) mass is 255 g/mol. The molecule has 6 nitrogen and oxygen atoms in total. The molecule has 6 heteroatoms. The number of anilines is 1. The number of hydrazone groups is 1. The van der Waals surface area contributed by atoms with E-state index in [0.29, 0.717) is 11.5 Å². The van der Waals surface area contributed by atoms with Gasteiger partial charge < -0.3 is 0 Å². The van der Waals surface area contributed by atoms with Gasteiger partial charge in [-0.05, 0) is 18.6 Å². The van der Waals surface area contributed by atoms with Crippen LogP contribution in [0.4, 0.5) is 5.82 Å². The van der Waals surface area contributed by atoms with Crippen molar-refractivity contribution in [1.82, 2.24) is 15.2 Å². The van der Waals surface area contributed by atoms with E-state index < -0.39 is 5.69 Å². The molecule has 0 amide bonds. The Hall–Kier alpha value is -2.76. The molecule has 1 heterocycles. The van der Waals surface area contributed by atoms with Crippen LogP contribution in [0.3, 0.4) is 0 Å². The lowest BCUT2D eigenvalue weighted by Crippen LogP contribution is -2.15. The smallest absolute Gasteiger partial charge is 0.260 e. The number of hydrogen-bond donors (Lipinski definition) is 2. The zero-order valence-corrected chi connectivity index (χ0v) is 10.4. The second-order valence-corrected chi connectivity index (χ2v) is 3.73. The van der Waals surface area contributed by atoms with Crippen molar-refractivity contribution in [2.24, 2.45) is 5.10 Å². The van der Waals surface area contributed by atoms with Crippen molar-refractivity contribution >= 4 is 18.1 Å². The van der Waals surface area contributed by atoms with Gasteiger partial charge in [0.25, 0.3) is 0 Å². The van der Waals surface area contributed by atoms with Crippen molar-refractivity contribution in [3.63, 3.8) is 0 Å². The Balaban J connectivity index is 1.95. The van der Waals surface area contributed by atoms with Crippen molar-refractivity contribution < 1.29 is 0 Å². The van der Waals surface area contributed by atoms with Crippen LogP contribution in [0.1, 0.15) is 11.3 Å². The van der Waals surface area contributed by atoms with Crippen molar-refractivity contribution in [3.05, 3.63) is 58.1 Å². The Morgan fingerprint density at radius 2 is 2.11 bits per heavy atom. The van der Waals surface area contributed by atoms with Gasteiger partial charge in [0.15, 0.2) is 5.82 Å². The zero-order valence-electron chi connectivity index (χ0n) is 10.4. The average Bonchev–Trinajstić information content (AvgIpc) is 2.43. The third-order valence-electron chi connectivity index (χ3n) is 2.29. The summed E-state index contributed by atoms with van der Waals surface area (Å²) in [5, 5.41) is 9.95. The second kappa shape index (κ2) is 6.25. The lowest BCUT2D eigenvalue weighted by atomic mass is 10.2. The average molecular weight is 255 g/mol. The Labute approximate surface area is 109 Å². The maximum Gasteiger partial charge on any atom is 0.363 e. The fourth-order valence-corrected chi connectivity index (χ4v) is 1.36. The van der Waals surface area contributed by atoms with Crippen LogP contribution in [0.5, 0.6) is 0 Å². The summed E-state index contributed by atoms with van der Waals surface area (Å²) in [6.45, 7) is 1.72. The highest BCUT2D eigenvalue weighted by atomic mass is 16.1. The van der Waals surface area contributed by atoms with Crippen LogP contribution in [-0.4, -0.2) is 21.4 Å². The quantitative estimate of drug-likeness (QED) is 0.642. The maximum absolute atomic E-state index is 11.0. The molecule has 0 fully saturated rings. The van der Waals surface area contributed by atoms with Crippen LogP contribution in [-0.2, 0) is 0 Å². The first-order valence-corrected chi connectivity index (χ1v) is 5.70. The van der Waals surface area contributed by atoms with Crippen LogP contribution < -0.4 is 11.1 Å². The van der Waals surface area contributed by atoms with Gasteiger partial charge in [-0.1, -0.05) is 36.4 Å². The highest BCUT2D eigenvalue weighted by Crippen LogP contribution is 2.02. The van der Waals surface area contributed by atoms with E-state index in [-0.39, 0.29) is 0 Å².